The molecular weight excluding hydrogens is 286 g/mol. The van der Waals surface area contributed by atoms with E-state index in [-0.39, 0.29) is 5.91 Å². The largest absolute Gasteiger partial charge is 0.326 e. The second-order valence-corrected chi connectivity index (χ2v) is 5.89. The molecule has 1 amide bonds. The lowest BCUT2D eigenvalue weighted by atomic mass is 10.1. The summed E-state index contributed by atoms with van der Waals surface area (Å²) >= 11 is 1.46. The Balaban J connectivity index is 1.61. The molecule has 0 aliphatic carbocycles. The summed E-state index contributed by atoms with van der Waals surface area (Å²) in [6.45, 7) is 4.04. The molecule has 3 rings (SSSR count). The summed E-state index contributed by atoms with van der Waals surface area (Å²) in [5.74, 6) is -0.00494. The van der Waals surface area contributed by atoms with Gasteiger partial charge in [0, 0.05) is 18.5 Å². The predicted molar refractivity (Wildman–Crippen MR) is 81.5 cm³/mol. The number of aryl methyl sites for hydroxylation is 2. The summed E-state index contributed by atoms with van der Waals surface area (Å²) < 4.78 is 1.63. The van der Waals surface area contributed by atoms with Crippen LogP contribution in [0.2, 0.25) is 0 Å². The highest BCUT2D eigenvalue weighted by Gasteiger charge is 2.09. The van der Waals surface area contributed by atoms with Gasteiger partial charge < -0.3 is 5.32 Å². The Kier molecular flexibility index (Phi) is 3.66. The van der Waals surface area contributed by atoms with Crippen LogP contribution in [0.4, 0.5) is 5.69 Å². The molecule has 0 unspecified atom stereocenters. The molecule has 108 valence electrons. The average molecular weight is 301 g/mol. The number of aromatic nitrogens is 4. The molecule has 0 saturated heterocycles. The van der Waals surface area contributed by atoms with Crippen molar-refractivity contribution in [1.29, 1.82) is 0 Å². The van der Waals surface area contributed by atoms with E-state index < -0.39 is 0 Å². The van der Waals surface area contributed by atoms with Gasteiger partial charge in [-0.1, -0.05) is 23.5 Å². The zero-order valence-corrected chi connectivity index (χ0v) is 12.6. The van der Waals surface area contributed by atoms with Crippen molar-refractivity contribution >= 4 is 27.9 Å². The van der Waals surface area contributed by atoms with Crippen molar-refractivity contribution in [2.24, 2.45) is 0 Å². The summed E-state index contributed by atoms with van der Waals surface area (Å²) in [5, 5.41) is 15.8. The molecule has 2 heterocycles. The monoisotopic (exact) mass is 301 g/mol. The van der Waals surface area contributed by atoms with Crippen LogP contribution in [0.5, 0.6) is 0 Å². The molecule has 0 aliphatic heterocycles. The number of nitrogens with zero attached hydrogens (tertiary/aromatic N) is 4. The number of benzene rings is 1. The van der Waals surface area contributed by atoms with Gasteiger partial charge in [0.15, 0.2) is 0 Å². The quantitative estimate of drug-likeness (QED) is 0.803. The van der Waals surface area contributed by atoms with Crippen LogP contribution in [-0.2, 0) is 11.2 Å². The summed E-state index contributed by atoms with van der Waals surface area (Å²) in [7, 11) is 0. The number of nitrogens with one attached hydrogen (secondary N) is 1. The van der Waals surface area contributed by atoms with Gasteiger partial charge in [0.1, 0.15) is 11.3 Å². The lowest BCUT2D eigenvalue weighted by Gasteiger charge is -2.09. The molecule has 1 N–H and O–H groups in total. The zero-order chi connectivity index (χ0) is 14.8. The smallest absolute Gasteiger partial charge is 0.234 e. The van der Waals surface area contributed by atoms with Crippen LogP contribution >= 0.6 is 11.3 Å². The average Bonchev–Trinajstić information content (AvgIpc) is 3.02. The van der Waals surface area contributed by atoms with Gasteiger partial charge >= 0.3 is 0 Å². The van der Waals surface area contributed by atoms with Crippen molar-refractivity contribution in [3.05, 3.63) is 40.7 Å². The highest BCUT2D eigenvalue weighted by Crippen LogP contribution is 2.19. The summed E-state index contributed by atoms with van der Waals surface area (Å²) in [6, 6.07) is 5.90. The number of amides is 1. The molecule has 21 heavy (non-hydrogen) atoms. The van der Waals surface area contributed by atoms with Crippen molar-refractivity contribution < 1.29 is 4.79 Å². The summed E-state index contributed by atoms with van der Waals surface area (Å²) in [4.78, 5) is 12.8. The standard InChI is InChI=1S/C14H15N5OS/c1-9-4-3-5-11(10(9)2)16-12(20)6-7-13-18-19-8-15-17-14(19)21-13/h3-5,8H,6-7H2,1-2H3,(H,16,20). The van der Waals surface area contributed by atoms with Crippen LogP contribution in [-0.4, -0.2) is 25.7 Å². The van der Waals surface area contributed by atoms with Crippen LogP contribution in [0.15, 0.2) is 24.5 Å². The number of carbonyl (C=O) groups excluding carboxylic acids is 1. The van der Waals surface area contributed by atoms with Gasteiger partial charge in [0.2, 0.25) is 10.9 Å². The van der Waals surface area contributed by atoms with E-state index in [9.17, 15) is 4.79 Å². The Bertz CT molecular complexity index is 763. The van der Waals surface area contributed by atoms with E-state index >= 15 is 0 Å². The van der Waals surface area contributed by atoms with Gasteiger partial charge in [-0.15, -0.1) is 10.2 Å². The van der Waals surface area contributed by atoms with Gasteiger partial charge in [-0.25, -0.2) is 0 Å². The Morgan fingerprint density at radius 2 is 2.24 bits per heavy atom. The second-order valence-electron chi connectivity index (χ2n) is 4.85. The number of hydrogen-bond acceptors (Lipinski definition) is 5. The van der Waals surface area contributed by atoms with Crippen LogP contribution in [0.1, 0.15) is 22.6 Å². The minimum Gasteiger partial charge on any atom is -0.326 e. The van der Waals surface area contributed by atoms with E-state index in [0.29, 0.717) is 12.8 Å². The number of rotatable bonds is 4. The molecule has 6 nitrogen and oxygen atoms in total. The summed E-state index contributed by atoms with van der Waals surface area (Å²) in [5.41, 5.74) is 3.14. The maximum absolute atomic E-state index is 12.0. The molecule has 0 radical (unpaired) electrons. The van der Waals surface area contributed by atoms with Crippen LogP contribution in [0.3, 0.4) is 0 Å². The Morgan fingerprint density at radius 3 is 3.05 bits per heavy atom. The van der Waals surface area contributed by atoms with Gasteiger partial charge in [-0.2, -0.15) is 9.61 Å². The molecule has 0 bridgehead atoms. The highest BCUT2D eigenvalue weighted by molar-refractivity contribution is 7.16. The van der Waals surface area contributed by atoms with E-state index in [0.717, 1.165) is 21.2 Å². The fourth-order valence-electron chi connectivity index (χ4n) is 2.02. The first-order valence-corrected chi connectivity index (χ1v) is 7.47. The van der Waals surface area contributed by atoms with E-state index in [1.807, 2.05) is 32.0 Å². The van der Waals surface area contributed by atoms with Crippen molar-refractivity contribution in [2.45, 2.75) is 26.7 Å². The first kappa shape index (κ1) is 13.7. The molecule has 0 atom stereocenters. The SMILES string of the molecule is Cc1cccc(NC(=O)CCc2nn3cnnc3s2)c1C. The van der Waals surface area contributed by atoms with E-state index in [2.05, 4.69) is 20.6 Å². The topological polar surface area (TPSA) is 72.2 Å². The number of fused-ring (bicyclic) bond motifs is 1. The third kappa shape index (κ3) is 2.92. The minimum atomic E-state index is -0.00494. The van der Waals surface area contributed by atoms with E-state index in [1.165, 1.54) is 16.9 Å². The van der Waals surface area contributed by atoms with Crippen LogP contribution in [0.25, 0.3) is 4.96 Å². The van der Waals surface area contributed by atoms with Gasteiger partial charge in [0.05, 0.1) is 0 Å². The zero-order valence-electron chi connectivity index (χ0n) is 11.8. The number of hydrogen-bond donors (Lipinski definition) is 1. The maximum atomic E-state index is 12.0. The highest BCUT2D eigenvalue weighted by atomic mass is 32.1. The maximum Gasteiger partial charge on any atom is 0.234 e. The Labute approximate surface area is 125 Å². The molecule has 0 saturated carbocycles. The first-order chi connectivity index (χ1) is 10.1. The fraction of sp³-hybridized carbons (Fsp3) is 0.286. The van der Waals surface area contributed by atoms with Crippen LogP contribution in [0, 0.1) is 13.8 Å². The number of carbonyl (C=O) groups is 1. The van der Waals surface area contributed by atoms with E-state index in [1.54, 1.807) is 10.8 Å². The third-order valence-corrected chi connectivity index (χ3v) is 4.35. The fourth-order valence-corrected chi connectivity index (χ4v) is 2.83. The normalized spacial score (nSPS) is 11.0. The van der Waals surface area contributed by atoms with Crippen molar-refractivity contribution in [2.75, 3.05) is 5.32 Å². The molecule has 0 fully saturated rings. The number of anilines is 1. The van der Waals surface area contributed by atoms with Crippen molar-refractivity contribution in [3.63, 3.8) is 0 Å². The molecule has 2 aromatic heterocycles. The summed E-state index contributed by atoms with van der Waals surface area (Å²) in [6.07, 6.45) is 2.56. The molecule has 1 aromatic carbocycles. The minimum absolute atomic E-state index is 0.00494. The molecule has 3 aromatic rings. The second kappa shape index (κ2) is 5.61. The molecule has 0 spiro atoms. The van der Waals surface area contributed by atoms with Crippen molar-refractivity contribution in [1.82, 2.24) is 19.8 Å². The molecule has 0 aliphatic rings. The molecular formula is C14H15N5OS. The lowest BCUT2D eigenvalue weighted by Crippen LogP contribution is -2.13. The van der Waals surface area contributed by atoms with Gasteiger partial charge in [0.25, 0.3) is 0 Å². The molecule has 7 heteroatoms. The van der Waals surface area contributed by atoms with Crippen molar-refractivity contribution in [3.8, 4) is 0 Å². The lowest BCUT2D eigenvalue weighted by molar-refractivity contribution is -0.116. The third-order valence-electron chi connectivity index (χ3n) is 3.37. The Morgan fingerprint density at radius 1 is 1.38 bits per heavy atom. The van der Waals surface area contributed by atoms with Gasteiger partial charge in [-0.05, 0) is 31.0 Å². The Hall–Kier alpha value is -2.28. The predicted octanol–water partition coefficient (Wildman–Crippen LogP) is 2.37. The van der Waals surface area contributed by atoms with E-state index in [4.69, 9.17) is 0 Å². The first-order valence-electron chi connectivity index (χ1n) is 6.65. The van der Waals surface area contributed by atoms with Gasteiger partial charge in [-0.3, -0.25) is 4.79 Å². The van der Waals surface area contributed by atoms with Crippen LogP contribution < -0.4 is 5.32 Å².